The lowest BCUT2D eigenvalue weighted by Gasteiger charge is -2.50. The molecule has 0 aromatic heterocycles. The maximum atomic E-state index is 10.2. The summed E-state index contributed by atoms with van der Waals surface area (Å²) in [5, 5.41) is 10.2. The highest BCUT2D eigenvalue weighted by molar-refractivity contribution is 5.07. The quantitative estimate of drug-likeness (QED) is 0.602. The molecule has 3 fully saturated rings. The van der Waals surface area contributed by atoms with Crippen molar-refractivity contribution in [3.63, 3.8) is 0 Å². The van der Waals surface area contributed by atoms with Crippen LogP contribution in [0.4, 0.5) is 0 Å². The molecule has 2 aliphatic carbocycles. The molecule has 0 radical (unpaired) electrons. The number of epoxide rings is 1. The molecular weight excluding hydrogens is 176 g/mol. The summed E-state index contributed by atoms with van der Waals surface area (Å²) in [5.74, 6) is 0.751. The van der Waals surface area contributed by atoms with Crippen molar-refractivity contribution in [2.75, 3.05) is 6.61 Å². The van der Waals surface area contributed by atoms with E-state index < -0.39 is 0 Å². The van der Waals surface area contributed by atoms with Crippen molar-refractivity contribution in [1.29, 1.82) is 0 Å². The zero-order chi connectivity index (χ0) is 9.81. The molecule has 1 aliphatic heterocycles. The third kappa shape index (κ3) is 1.17. The van der Waals surface area contributed by atoms with Gasteiger partial charge < -0.3 is 9.84 Å². The second-order valence-electron chi connectivity index (χ2n) is 5.84. The summed E-state index contributed by atoms with van der Waals surface area (Å²) in [4.78, 5) is 0. The van der Waals surface area contributed by atoms with Gasteiger partial charge in [-0.2, -0.15) is 0 Å². The molecular formula is C12H20O2. The van der Waals surface area contributed by atoms with Crippen LogP contribution in [0.1, 0.15) is 45.4 Å². The summed E-state index contributed by atoms with van der Waals surface area (Å²) in [6.07, 6.45) is 7.07. The summed E-state index contributed by atoms with van der Waals surface area (Å²) in [7, 11) is 0. The van der Waals surface area contributed by atoms with Crippen molar-refractivity contribution in [1.82, 2.24) is 0 Å². The molecule has 0 aromatic rings. The van der Waals surface area contributed by atoms with Crippen LogP contribution in [0.2, 0.25) is 0 Å². The molecule has 1 heterocycles. The number of aliphatic hydroxyl groups excluding tert-OH is 1. The van der Waals surface area contributed by atoms with Crippen molar-refractivity contribution in [3.8, 4) is 0 Å². The van der Waals surface area contributed by atoms with E-state index in [1.165, 1.54) is 25.7 Å². The number of hydrogen-bond acceptors (Lipinski definition) is 2. The van der Waals surface area contributed by atoms with Crippen molar-refractivity contribution in [2.45, 2.75) is 57.2 Å². The monoisotopic (exact) mass is 196 g/mol. The van der Waals surface area contributed by atoms with Crippen LogP contribution in [0.25, 0.3) is 0 Å². The van der Waals surface area contributed by atoms with E-state index in [1.54, 1.807) is 0 Å². The van der Waals surface area contributed by atoms with E-state index in [1.807, 2.05) is 0 Å². The third-order valence-electron chi connectivity index (χ3n) is 4.93. The highest BCUT2D eigenvalue weighted by Crippen LogP contribution is 2.57. The van der Waals surface area contributed by atoms with Crippen molar-refractivity contribution < 1.29 is 9.84 Å². The van der Waals surface area contributed by atoms with Gasteiger partial charge in [-0.25, -0.2) is 0 Å². The van der Waals surface area contributed by atoms with Gasteiger partial charge in [-0.05, 0) is 43.4 Å². The van der Waals surface area contributed by atoms with E-state index in [4.69, 9.17) is 4.74 Å². The molecule has 2 nitrogen and oxygen atoms in total. The molecule has 1 spiro atoms. The minimum atomic E-state index is -0.0809. The van der Waals surface area contributed by atoms with E-state index in [0.717, 1.165) is 25.4 Å². The summed E-state index contributed by atoms with van der Waals surface area (Å²) < 4.78 is 5.59. The van der Waals surface area contributed by atoms with Gasteiger partial charge in [0.25, 0.3) is 0 Å². The maximum Gasteiger partial charge on any atom is 0.0923 e. The second kappa shape index (κ2) is 2.73. The number of rotatable bonds is 0. The molecule has 14 heavy (non-hydrogen) atoms. The Morgan fingerprint density at radius 2 is 2.07 bits per heavy atom. The molecule has 4 atom stereocenters. The van der Waals surface area contributed by atoms with Crippen LogP contribution in [-0.2, 0) is 4.74 Å². The maximum absolute atomic E-state index is 10.2. The van der Waals surface area contributed by atoms with E-state index in [9.17, 15) is 5.11 Å². The largest absolute Gasteiger partial charge is 0.393 e. The van der Waals surface area contributed by atoms with Crippen LogP contribution in [0.3, 0.4) is 0 Å². The molecule has 3 rings (SSSR count). The lowest BCUT2D eigenvalue weighted by Crippen LogP contribution is -2.48. The molecule has 0 amide bonds. The van der Waals surface area contributed by atoms with E-state index >= 15 is 0 Å². The van der Waals surface area contributed by atoms with Crippen LogP contribution < -0.4 is 0 Å². The lowest BCUT2D eigenvalue weighted by atomic mass is 9.56. The van der Waals surface area contributed by atoms with Gasteiger partial charge in [-0.1, -0.05) is 13.3 Å². The van der Waals surface area contributed by atoms with Crippen LogP contribution in [0.5, 0.6) is 0 Å². The molecule has 0 unspecified atom stereocenters. The van der Waals surface area contributed by atoms with Gasteiger partial charge in [0.1, 0.15) is 0 Å². The predicted molar refractivity (Wildman–Crippen MR) is 54.0 cm³/mol. The van der Waals surface area contributed by atoms with Gasteiger partial charge in [0.15, 0.2) is 0 Å². The summed E-state index contributed by atoms with van der Waals surface area (Å²) in [6, 6.07) is 0. The Hall–Kier alpha value is -0.0800. The van der Waals surface area contributed by atoms with Crippen molar-refractivity contribution in [2.24, 2.45) is 11.3 Å². The first-order valence-electron chi connectivity index (χ1n) is 5.97. The molecule has 80 valence electrons. The normalized spacial score (nSPS) is 57.0. The van der Waals surface area contributed by atoms with E-state index in [-0.39, 0.29) is 17.1 Å². The molecule has 3 aliphatic rings. The molecule has 1 saturated heterocycles. The Kier molecular flexibility index (Phi) is 1.79. The summed E-state index contributed by atoms with van der Waals surface area (Å²) in [5.41, 5.74) is 0.358. The zero-order valence-corrected chi connectivity index (χ0v) is 8.96. The number of aliphatic hydroxyl groups is 1. The number of ether oxygens (including phenoxy) is 1. The predicted octanol–water partition coefficient (Wildman–Crippen LogP) is 2.11. The first kappa shape index (κ1) is 9.17. The molecule has 0 bridgehead atoms. The fourth-order valence-corrected chi connectivity index (χ4v) is 3.79. The zero-order valence-electron chi connectivity index (χ0n) is 8.96. The Balaban J connectivity index is 1.85. The van der Waals surface area contributed by atoms with Crippen LogP contribution in [0.15, 0.2) is 0 Å². The van der Waals surface area contributed by atoms with Gasteiger partial charge in [-0.15, -0.1) is 0 Å². The Labute approximate surface area is 85.6 Å². The summed E-state index contributed by atoms with van der Waals surface area (Å²) in [6.45, 7) is 3.23. The standard InChI is InChI=1S/C12H20O2/c1-11-7-12(8-14-12)6-5-9(11)3-2-4-10(11)13/h9-10,13H,2-8H2,1H3/t9-,10-,11-,12-/m1/s1. The van der Waals surface area contributed by atoms with Crippen LogP contribution >= 0.6 is 0 Å². The minimum Gasteiger partial charge on any atom is -0.393 e. The van der Waals surface area contributed by atoms with Crippen molar-refractivity contribution >= 4 is 0 Å². The lowest BCUT2D eigenvalue weighted by molar-refractivity contribution is -0.0847. The fourth-order valence-electron chi connectivity index (χ4n) is 3.79. The van der Waals surface area contributed by atoms with Gasteiger partial charge in [0.05, 0.1) is 18.3 Å². The highest BCUT2D eigenvalue weighted by Gasteiger charge is 2.57. The first-order valence-corrected chi connectivity index (χ1v) is 5.97. The Morgan fingerprint density at radius 1 is 1.29 bits per heavy atom. The molecule has 0 aromatic carbocycles. The average molecular weight is 196 g/mol. The Bertz CT molecular complexity index is 247. The van der Waals surface area contributed by atoms with Crippen molar-refractivity contribution in [3.05, 3.63) is 0 Å². The topological polar surface area (TPSA) is 32.8 Å². The second-order valence-corrected chi connectivity index (χ2v) is 5.84. The molecule has 1 N–H and O–H groups in total. The minimum absolute atomic E-state index is 0.0809. The molecule has 2 heteroatoms. The molecule has 2 saturated carbocycles. The fraction of sp³-hybridized carbons (Fsp3) is 1.00. The van der Waals surface area contributed by atoms with Gasteiger partial charge in [-0.3, -0.25) is 0 Å². The SMILES string of the molecule is C[C@@]12C[C@]3(CC[C@H]1CCC[C@H]2O)CO3. The van der Waals surface area contributed by atoms with Crippen LogP contribution in [-0.4, -0.2) is 23.4 Å². The number of hydrogen-bond donors (Lipinski definition) is 1. The van der Waals surface area contributed by atoms with Crippen LogP contribution in [0, 0.1) is 11.3 Å². The van der Waals surface area contributed by atoms with E-state index in [0.29, 0.717) is 0 Å². The first-order chi connectivity index (χ1) is 6.65. The van der Waals surface area contributed by atoms with Gasteiger partial charge in [0.2, 0.25) is 0 Å². The smallest absolute Gasteiger partial charge is 0.0923 e. The highest BCUT2D eigenvalue weighted by atomic mass is 16.6. The van der Waals surface area contributed by atoms with E-state index in [2.05, 4.69) is 6.92 Å². The van der Waals surface area contributed by atoms with Gasteiger partial charge >= 0.3 is 0 Å². The van der Waals surface area contributed by atoms with Gasteiger partial charge in [0, 0.05) is 0 Å². The summed E-state index contributed by atoms with van der Waals surface area (Å²) >= 11 is 0. The average Bonchev–Trinajstić information content (AvgIpc) is 2.88. The Morgan fingerprint density at radius 3 is 2.79 bits per heavy atom. The number of fused-ring (bicyclic) bond motifs is 1. The third-order valence-corrected chi connectivity index (χ3v) is 4.93.